The summed E-state index contributed by atoms with van der Waals surface area (Å²) < 4.78 is 12.6. The summed E-state index contributed by atoms with van der Waals surface area (Å²) in [5.41, 5.74) is 0.164. The van der Waals surface area contributed by atoms with E-state index in [4.69, 9.17) is 9.47 Å². The molecule has 1 aliphatic rings. The maximum absolute atomic E-state index is 5.90. The van der Waals surface area contributed by atoms with Gasteiger partial charge >= 0.3 is 0 Å². The fraction of sp³-hybridized carbons (Fsp3) is 0.583. The van der Waals surface area contributed by atoms with Crippen molar-refractivity contribution in [2.24, 2.45) is 0 Å². The van der Waals surface area contributed by atoms with E-state index in [9.17, 15) is 0 Å². The molecule has 1 aliphatic heterocycles. The molecule has 4 heteroatoms. The third-order valence-corrected chi connectivity index (χ3v) is 3.67. The van der Waals surface area contributed by atoms with Gasteiger partial charge in [-0.15, -0.1) is 0 Å². The van der Waals surface area contributed by atoms with Gasteiger partial charge in [0, 0.05) is 0 Å². The highest BCUT2D eigenvalue weighted by molar-refractivity contribution is 9.10. The lowest BCUT2D eigenvalue weighted by molar-refractivity contribution is -0.0923. The van der Waals surface area contributed by atoms with E-state index in [1.165, 1.54) is 0 Å². The molecule has 88 valence electrons. The standard InChI is InChI=1S/C12H16BrNO2/c1-11(2)12(3,4)16-10(15-11)8-6-5-7-9(13)14-8/h5-7,10H,1-4H3. The molecule has 0 bridgehead atoms. The van der Waals surface area contributed by atoms with E-state index in [0.717, 1.165) is 10.3 Å². The fourth-order valence-electron chi connectivity index (χ4n) is 1.52. The predicted molar refractivity (Wildman–Crippen MR) is 65.0 cm³/mol. The first kappa shape index (κ1) is 12.0. The number of rotatable bonds is 1. The summed E-state index contributed by atoms with van der Waals surface area (Å²) in [7, 11) is 0. The van der Waals surface area contributed by atoms with Gasteiger partial charge in [-0.25, -0.2) is 4.98 Å². The van der Waals surface area contributed by atoms with Crippen molar-refractivity contribution in [1.82, 2.24) is 4.98 Å². The third-order valence-electron chi connectivity index (χ3n) is 3.23. The van der Waals surface area contributed by atoms with Crippen LogP contribution in [0.25, 0.3) is 0 Å². The monoisotopic (exact) mass is 285 g/mol. The number of ether oxygens (including phenoxy) is 2. The highest BCUT2D eigenvalue weighted by Crippen LogP contribution is 2.44. The first-order valence-corrected chi connectivity index (χ1v) is 6.09. The van der Waals surface area contributed by atoms with Gasteiger partial charge in [0.2, 0.25) is 6.29 Å². The Hall–Kier alpha value is -0.450. The molecule has 3 nitrogen and oxygen atoms in total. The molecule has 0 aliphatic carbocycles. The smallest absolute Gasteiger partial charge is 0.202 e. The van der Waals surface area contributed by atoms with E-state index in [1.54, 1.807) is 0 Å². The van der Waals surface area contributed by atoms with Gasteiger partial charge in [-0.1, -0.05) is 6.07 Å². The minimum Gasteiger partial charge on any atom is -0.338 e. The largest absolute Gasteiger partial charge is 0.338 e. The van der Waals surface area contributed by atoms with Gasteiger partial charge in [-0.3, -0.25) is 0 Å². The van der Waals surface area contributed by atoms with Gasteiger partial charge in [0.05, 0.1) is 16.9 Å². The maximum Gasteiger partial charge on any atom is 0.202 e. The van der Waals surface area contributed by atoms with Gasteiger partial charge in [0.15, 0.2) is 0 Å². The van der Waals surface area contributed by atoms with Crippen molar-refractivity contribution >= 4 is 15.9 Å². The van der Waals surface area contributed by atoms with Crippen LogP contribution >= 0.6 is 15.9 Å². The minimum atomic E-state index is -0.387. The Kier molecular flexibility index (Phi) is 2.85. The number of hydrogen-bond acceptors (Lipinski definition) is 3. The summed E-state index contributed by atoms with van der Waals surface area (Å²) >= 11 is 3.34. The Morgan fingerprint density at radius 1 is 1.12 bits per heavy atom. The zero-order valence-corrected chi connectivity index (χ0v) is 11.5. The molecule has 0 spiro atoms. The maximum atomic E-state index is 5.90. The Labute approximate surface area is 104 Å². The molecule has 0 radical (unpaired) electrons. The summed E-state index contributed by atoms with van der Waals surface area (Å²) in [5.74, 6) is 0. The lowest BCUT2D eigenvalue weighted by atomic mass is 9.90. The fourth-order valence-corrected chi connectivity index (χ4v) is 1.88. The summed E-state index contributed by atoms with van der Waals surface area (Å²) in [6.07, 6.45) is -0.387. The van der Waals surface area contributed by atoms with Crippen molar-refractivity contribution in [1.29, 1.82) is 0 Å². The number of nitrogens with zero attached hydrogens (tertiary/aromatic N) is 1. The molecule has 0 aromatic carbocycles. The number of hydrogen-bond donors (Lipinski definition) is 0. The molecule has 1 saturated heterocycles. The van der Waals surface area contributed by atoms with E-state index in [-0.39, 0.29) is 17.5 Å². The summed E-state index contributed by atoms with van der Waals surface area (Å²) in [6, 6.07) is 5.72. The molecule has 2 rings (SSSR count). The van der Waals surface area contributed by atoms with Crippen molar-refractivity contribution < 1.29 is 9.47 Å². The van der Waals surface area contributed by atoms with Gasteiger partial charge in [-0.05, 0) is 55.8 Å². The molecule has 2 heterocycles. The number of aromatic nitrogens is 1. The van der Waals surface area contributed by atoms with Crippen LogP contribution in [0.3, 0.4) is 0 Å². The van der Waals surface area contributed by atoms with Crippen LogP contribution < -0.4 is 0 Å². The Balaban J connectivity index is 2.27. The molecular formula is C12H16BrNO2. The van der Waals surface area contributed by atoms with E-state index in [1.807, 2.05) is 45.9 Å². The van der Waals surface area contributed by atoms with Crippen molar-refractivity contribution in [3.05, 3.63) is 28.5 Å². The van der Waals surface area contributed by atoms with Crippen LogP contribution in [0.5, 0.6) is 0 Å². The first-order chi connectivity index (χ1) is 7.32. The third kappa shape index (κ3) is 2.01. The van der Waals surface area contributed by atoms with E-state index in [0.29, 0.717) is 0 Å². The van der Waals surface area contributed by atoms with Crippen molar-refractivity contribution in [3.8, 4) is 0 Å². The van der Waals surface area contributed by atoms with E-state index < -0.39 is 0 Å². The van der Waals surface area contributed by atoms with Gasteiger partial charge < -0.3 is 9.47 Å². The second kappa shape index (κ2) is 3.79. The molecule has 1 fully saturated rings. The highest BCUT2D eigenvalue weighted by atomic mass is 79.9. The van der Waals surface area contributed by atoms with E-state index >= 15 is 0 Å². The lowest BCUT2D eigenvalue weighted by Gasteiger charge is -2.30. The van der Waals surface area contributed by atoms with Gasteiger partial charge in [-0.2, -0.15) is 0 Å². The van der Waals surface area contributed by atoms with Gasteiger partial charge in [0.25, 0.3) is 0 Å². The molecule has 0 amide bonds. The van der Waals surface area contributed by atoms with Crippen LogP contribution in [0.15, 0.2) is 22.8 Å². The normalized spacial score (nSPS) is 23.6. The number of halogens is 1. The van der Waals surface area contributed by atoms with Crippen LogP contribution in [-0.2, 0) is 9.47 Å². The summed E-state index contributed by atoms with van der Waals surface area (Å²) in [6.45, 7) is 8.13. The number of pyridine rings is 1. The van der Waals surface area contributed by atoms with Crippen LogP contribution in [0, 0.1) is 0 Å². The topological polar surface area (TPSA) is 31.4 Å². The zero-order chi connectivity index (χ0) is 12.0. The van der Waals surface area contributed by atoms with Crippen LogP contribution in [0.2, 0.25) is 0 Å². The quantitative estimate of drug-likeness (QED) is 0.741. The Bertz CT molecular complexity index is 388. The Morgan fingerprint density at radius 3 is 2.19 bits per heavy atom. The van der Waals surface area contributed by atoms with Crippen LogP contribution in [0.4, 0.5) is 0 Å². The van der Waals surface area contributed by atoms with Crippen LogP contribution in [0.1, 0.15) is 39.7 Å². The Morgan fingerprint density at radius 2 is 1.69 bits per heavy atom. The summed E-state index contributed by atoms with van der Waals surface area (Å²) in [4.78, 5) is 4.35. The second-order valence-electron chi connectivity index (χ2n) is 4.97. The highest BCUT2D eigenvalue weighted by Gasteiger charge is 2.49. The van der Waals surface area contributed by atoms with Gasteiger partial charge in [0.1, 0.15) is 4.60 Å². The van der Waals surface area contributed by atoms with Crippen molar-refractivity contribution in [3.63, 3.8) is 0 Å². The minimum absolute atomic E-state index is 0.318. The summed E-state index contributed by atoms with van der Waals surface area (Å²) in [5, 5.41) is 0. The van der Waals surface area contributed by atoms with Crippen LogP contribution in [-0.4, -0.2) is 16.2 Å². The SMILES string of the molecule is CC1(C)OC(c2cccc(Br)n2)OC1(C)C. The molecule has 1 aromatic rings. The first-order valence-electron chi connectivity index (χ1n) is 5.30. The zero-order valence-electron chi connectivity index (χ0n) is 9.95. The molecule has 16 heavy (non-hydrogen) atoms. The lowest BCUT2D eigenvalue weighted by Crippen LogP contribution is -2.41. The van der Waals surface area contributed by atoms with E-state index in [2.05, 4.69) is 20.9 Å². The second-order valence-corrected chi connectivity index (χ2v) is 5.79. The average Bonchev–Trinajstić information content (AvgIpc) is 2.36. The molecule has 1 aromatic heterocycles. The molecule has 0 atom stereocenters. The molecular weight excluding hydrogens is 270 g/mol. The van der Waals surface area contributed by atoms with Crippen molar-refractivity contribution in [2.45, 2.75) is 45.2 Å². The van der Waals surface area contributed by atoms with Crippen molar-refractivity contribution in [2.75, 3.05) is 0 Å². The molecule has 0 saturated carbocycles. The molecule has 0 N–H and O–H groups in total. The molecule has 0 unspecified atom stereocenters. The average molecular weight is 286 g/mol. The predicted octanol–water partition coefficient (Wildman–Crippen LogP) is 3.45.